The molecular weight excluding hydrogens is 254 g/mol. The number of benzene rings is 1. The lowest BCUT2D eigenvalue weighted by atomic mass is 9.92. The largest absolute Gasteiger partial charge is 0.324 e. The van der Waals surface area contributed by atoms with E-state index < -0.39 is 0 Å². The maximum Gasteiger partial charge on any atom is 0.0297 e. The zero-order valence-corrected chi connectivity index (χ0v) is 14.5. The van der Waals surface area contributed by atoms with Crippen LogP contribution in [0.25, 0.3) is 0 Å². The Morgan fingerprint density at radius 2 is 1.52 bits per heavy atom. The van der Waals surface area contributed by atoms with Crippen LogP contribution in [0.2, 0.25) is 0 Å². The smallest absolute Gasteiger partial charge is 0.0297 e. The average molecular weight is 290 g/mol. The van der Waals surface area contributed by atoms with Crippen molar-refractivity contribution in [2.45, 2.75) is 91.0 Å². The van der Waals surface area contributed by atoms with Crippen molar-refractivity contribution in [1.82, 2.24) is 0 Å². The number of rotatable bonds is 11. The molecule has 0 aliphatic rings. The van der Waals surface area contributed by atoms with Crippen molar-refractivity contribution in [1.29, 1.82) is 0 Å². The highest BCUT2D eigenvalue weighted by molar-refractivity contribution is 5.34. The third-order valence-electron chi connectivity index (χ3n) is 4.52. The molecule has 2 N–H and O–H groups in total. The third-order valence-corrected chi connectivity index (χ3v) is 4.52. The van der Waals surface area contributed by atoms with Gasteiger partial charge in [0.05, 0.1) is 0 Å². The first kappa shape index (κ1) is 18.2. The molecule has 0 heterocycles. The summed E-state index contributed by atoms with van der Waals surface area (Å²) in [5.41, 5.74) is 10.7. The Bertz CT molecular complexity index is 383. The van der Waals surface area contributed by atoms with Crippen molar-refractivity contribution in [3.05, 3.63) is 34.9 Å². The SMILES string of the molecule is CCCCCCCCCC(N)c1cc(CC)ccc1CC. The third kappa shape index (κ3) is 6.65. The second kappa shape index (κ2) is 10.8. The van der Waals surface area contributed by atoms with Crippen molar-refractivity contribution in [3.63, 3.8) is 0 Å². The summed E-state index contributed by atoms with van der Waals surface area (Å²) in [5, 5.41) is 0. The van der Waals surface area contributed by atoms with Crippen molar-refractivity contribution in [2.75, 3.05) is 0 Å². The molecule has 120 valence electrons. The van der Waals surface area contributed by atoms with Crippen LogP contribution in [0.15, 0.2) is 18.2 Å². The Kier molecular flexibility index (Phi) is 9.41. The topological polar surface area (TPSA) is 26.0 Å². The Labute approximate surface area is 132 Å². The molecule has 1 nitrogen and oxygen atoms in total. The molecule has 1 aromatic carbocycles. The minimum atomic E-state index is 0.224. The fourth-order valence-electron chi connectivity index (χ4n) is 3.01. The van der Waals surface area contributed by atoms with Gasteiger partial charge in [-0.05, 0) is 36.0 Å². The molecule has 0 saturated heterocycles. The minimum Gasteiger partial charge on any atom is -0.324 e. The molecule has 0 spiro atoms. The zero-order valence-electron chi connectivity index (χ0n) is 14.5. The number of hydrogen-bond acceptors (Lipinski definition) is 1. The molecule has 0 radical (unpaired) electrons. The van der Waals surface area contributed by atoms with Gasteiger partial charge in [-0.1, -0.05) is 83.9 Å². The minimum absolute atomic E-state index is 0.224. The van der Waals surface area contributed by atoms with E-state index in [9.17, 15) is 0 Å². The van der Waals surface area contributed by atoms with Gasteiger partial charge >= 0.3 is 0 Å². The maximum atomic E-state index is 6.46. The fourth-order valence-corrected chi connectivity index (χ4v) is 3.01. The number of aryl methyl sites for hydroxylation is 2. The molecule has 1 unspecified atom stereocenters. The van der Waals surface area contributed by atoms with E-state index in [-0.39, 0.29) is 6.04 Å². The summed E-state index contributed by atoms with van der Waals surface area (Å²) < 4.78 is 0. The van der Waals surface area contributed by atoms with Gasteiger partial charge in [-0.3, -0.25) is 0 Å². The quantitative estimate of drug-likeness (QED) is 0.500. The van der Waals surface area contributed by atoms with E-state index >= 15 is 0 Å². The highest BCUT2D eigenvalue weighted by Gasteiger charge is 2.10. The Hall–Kier alpha value is -0.820. The van der Waals surface area contributed by atoms with E-state index in [0.717, 1.165) is 19.3 Å². The van der Waals surface area contributed by atoms with Gasteiger partial charge in [0.2, 0.25) is 0 Å². The van der Waals surface area contributed by atoms with Crippen LogP contribution < -0.4 is 5.73 Å². The Balaban J connectivity index is 2.38. The van der Waals surface area contributed by atoms with Crippen LogP contribution in [-0.2, 0) is 12.8 Å². The molecule has 0 amide bonds. The van der Waals surface area contributed by atoms with Gasteiger partial charge in [0.15, 0.2) is 0 Å². The molecule has 0 saturated carbocycles. The first-order chi connectivity index (χ1) is 10.2. The summed E-state index contributed by atoms with van der Waals surface area (Å²) in [7, 11) is 0. The molecule has 0 aliphatic carbocycles. The first-order valence-electron chi connectivity index (χ1n) is 9.10. The molecule has 0 aromatic heterocycles. The molecule has 0 fully saturated rings. The summed E-state index contributed by atoms with van der Waals surface area (Å²) in [5.74, 6) is 0. The molecular formula is C20H35N. The number of unbranched alkanes of at least 4 members (excludes halogenated alkanes) is 6. The van der Waals surface area contributed by atoms with E-state index in [0.29, 0.717) is 0 Å². The summed E-state index contributed by atoms with van der Waals surface area (Å²) in [6.45, 7) is 6.71. The van der Waals surface area contributed by atoms with Gasteiger partial charge in [-0.25, -0.2) is 0 Å². The Morgan fingerprint density at radius 3 is 2.14 bits per heavy atom. The average Bonchev–Trinajstić information content (AvgIpc) is 2.53. The molecule has 0 aliphatic heterocycles. The van der Waals surface area contributed by atoms with Crippen LogP contribution in [0, 0.1) is 0 Å². The molecule has 1 aromatic rings. The number of nitrogens with two attached hydrogens (primary N) is 1. The second-order valence-corrected chi connectivity index (χ2v) is 6.26. The molecule has 1 rings (SSSR count). The highest BCUT2D eigenvalue weighted by atomic mass is 14.6. The van der Waals surface area contributed by atoms with E-state index in [1.165, 1.54) is 61.6 Å². The number of hydrogen-bond donors (Lipinski definition) is 1. The van der Waals surface area contributed by atoms with Crippen molar-refractivity contribution >= 4 is 0 Å². The predicted octanol–water partition coefficient (Wildman–Crippen LogP) is 5.95. The molecule has 1 atom stereocenters. The van der Waals surface area contributed by atoms with Crippen LogP contribution in [0.1, 0.15) is 94.9 Å². The van der Waals surface area contributed by atoms with Crippen LogP contribution in [0.5, 0.6) is 0 Å². The standard InChI is InChI=1S/C20H35N/c1-4-7-8-9-10-11-12-13-20(21)19-16-17(5-2)14-15-18(19)6-3/h14-16,20H,4-13,21H2,1-3H3. The lowest BCUT2D eigenvalue weighted by Gasteiger charge is -2.17. The highest BCUT2D eigenvalue weighted by Crippen LogP contribution is 2.24. The normalized spacial score (nSPS) is 12.6. The van der Waals surface area contributed by atoms with E-state index in [1.54, 1.807) is 0 Å². The van der Waals surface area contributed by atoms with Gasteiger partial charge in [0.1, 0.15) is 0 Å². The van der Waals surface area contributed by atoms with Gasteiger partial charge in [-0.2, -0.15) is 0 Å². The first-order valence-corrected chi connectivity index (χ1v) is 9.10. The lowest BCUT2D eigenvalue weighted by Crippen LogP contribution is -2.13. The zero-order chi connectivity index (χ0) is 15.5. The maximum absolute atomic E-state index is 6.46. The second-order valence-electron chi connectivity index (χ2n) is 6.26. The molecule has 21 heavy (non-hydrogen) atoms. The molecule has 0 bridgehead atoms. The fraction of sp³-hybridized carbons (Fsp3) is 0.700. The van der Waals surface area contributed by atoms with Crippen LogP contribution in [-0.4, -0.2) is 0 Å². The summed E-state index contributed by atoms with van der Waals surface area (Å²) in [6.07, 6.45) is 12.8. The van der Waals surface area contributed by atoms with Gasteiger partial charge in [0, 0.05) is 6.04 Å². The van der Waals surface area contributed by atoms with Gasteiger partial charge in [-0.15, -0.1) is 0 Å². The Morgan fingerprint density at radius 1 is 0.857 bits per heavy atom. The molecule has 1 heteroatoms. The monoisotopic (exact) mass is 289 g/mol. The summed E-state index contributed by atoms with van der Waals surface area (Å²) >= 11 is 0. The lowest BCUT2D eigenvalue weighted by molar-refractivity contribution is 0.539. The summed E-state index contributed by atoms with van der Waals surface area (Å²) in [6, 6.07) is 7.09. The summed E-state index contributed by atoms with van der Waals surface area (Å²) in [4.78, 5) is 0. The van der Waals surface area contributed by atoms with E-state index in [4.69, 9.17) is 5.73 Å². The van der Waals surface area contributed by atoms with Crippen LogP contribution >= 0.6 is 0 Å². The predicted molar refractivity (Wildman–Crippen MR) is 94.7 cm³/mol. The van der Waals surface area contributed by atoms with Gasteiger partial charge in [0.25, 0.3) is 0 Å². The van der Waals surface area contributed by atoms with Crippen molar-refractivity contribution in [3.8, 4) is 0 Å². The van der Waals surface area contributed by atoms with E-state index in [1.807, 2.05) is 0 Å². The van der Waals surface area contributed by atoms with Crippen molar-refractivity contribution in [2.24, 2.45) is 5.73 Å². The van der Waals surface area contributed by atoms with Gasteiger partial charge < -0.3 is 5.73 Å². The van der Waals surface area contributed by atoms with E-state index in [2.05, 4.69) is 39.0 Å². The van der Waals surface area contributed by atoms with Crippen LogP contribution in [0.3, 0.4) is 0 Å². The van der Waals surface area contributed by atoms with Crippen molar-refractivity contribution < 1.29 is 0 Å². The van der Waals surface area contributed by atoms with Crippen LogP contribution in [0.4, 0.5) is 0 Å².